The number of anilines is 1. The monoisotopic (exact) mass is 572 g/mol. The lowest BCUT2D eigenvalue weighted by atomic mass is 10.0. The zero-order valence-corrected chi connectivity index (χ0v) is 22.8. The van der Waals surface area contributed by atoms with Crippen molar-refractivity contribution in [3.8, 4) is 10.6 Å². The molecular formula is C27H27F3N6OS2. The SMILES string of the molecule is CCn1cc(C(NNc2nc3ccccc3s2)C(F)(F)F)c2cc(-c3nc(CN4CCOCC4)cs3)ccc21. The molecule has 1 fully saturated rings. The Hall–Kier alpha value is -3.03. The Morgan fingerprint density at radius 1 is 1.10 bits per heavy atom. The molecule has 2 aromatic carbocycles. The van der Waals surface area contributed by atoms with Crippen molar-refractivity contribution >= 4 is 48.9 Å². The quantitative estimate of drug-likeness (QED) is 0.209. The molecule has 4 heterocycles. The van der Waals surface area contributed by atoms with Gasteiger partial charge in [0.05, 0.1) is 29.1 Å². The zero-order chi connectivity index (χ0) is 27.0. The first-order chi connectivity index (χ1) is 18.9. The maximum Gasteiger partial charge on any atom is 0.409 e. The van der Waals surface area contributed by atoms with Crippen molar-refractivity contribution < 1.29 is 17.9 Å². The van der Waals surface area contributed by atoms with Crippen LogP contribution < -0.4 is 10.9 Å². The molecule has 1 unspecified atom stereocenters. The van der Waals surface area contributed by atoms with Crippen LogP contribution in [0.2, 0.25) is 0 Å². The van der Waals surface area contributed by atoms with Gasteiger partial charge >= 0.3 is 6.18 Å². The van der Waals surface area contributed by atoms with Crippen molar-refractivity contribution in [3.63, 3.8) is 0 Å². The van der Waals surface area contributed by atoms with Crippen LogP contribution in [0.4, 0.5) is 18.3 Å². The van der Waals surface area contributed by atoms with E-state index in [4.69, 9.17) is 9.72 Å². The number of para-hydroxylation sites is 1. The van der Waals surface area contributed by atoms with Crippen LogP contribution in [0.5, 0.6) is 0 Å². The van der Waals surface area contributed by atoms with Gasteiger partial charge in [0.15, 0.2) is 5.13 Å². The number of nitrogens with one attached hydrogen (secondary N) is 2. The number of hydrazine groups is 1. The van der Waals surface area contributed by atoms with E-state index in [0.29, 0.717) is 30.3 Å². The molecule has 12 heteroatoms. The van der Waals surface area contributed by atoms with Gasteiger partial charge in [-0.15, -0.1) is 11.3 Å². The van der Waals surface area contributed by atoms with Gasteiger partial charge in [0.1, 0.15) is 11.0 Å². The Labute approximate surface area is 231 Å². The number of aryl methyl sites for hydroxylation is 1. The number of rotatable bonds is 8. The molecule has 1 aliphatic rings. The van der Waals surface area contributed by atoms with Crippen molar-refractivity contribution in [1.29, 1.82) is 0 Å². The van der Waals surface area contributed by atoms with Crippen LogP contribution in [0.3, 0.4) is 0 Å². The van der Waals surface area contributed by atoms with Crippen molar-refractivity contribution in [3.05, 3.63) is 65.3 Å². The lowest BCUT2D eigenvalue weighted by Gasteiger charge is -2.25. The molecule has 3 aromatic heterocycles. The summed E-state index contributed by atoms with van der Waals surface area (Å²) in [7, 11) is 0. The summed E-state index contributed by atoms with van der Waals surface area (Å²) in [4.78, 5) is 11.5. The molecule has 1 saturated heterocycles. The molecule has 39 heavy (non-hydrogen) atoms. The molecule has 6 rings (SSSR count). The summed E-state index contributed by atoms with van der Waals surface area (Å²) in [6, 6.07) is 11.2. The Morgan fingerprint density at radius 2 is 1.92 bits per heavy atom. The van der Waals surface area contributed by atoms with Crippen molar-refractivity contribution in [1.82, 2.24) is 24.9 Å². The van der Waals surface area contributed by atoms with Crippen molar-refractivity contribution in [2.75, 3.05) is 31.7 Å². The molecule has 0 radical (unpaired) electrons. The second kappa shape index (κ2) is 10.9. The molecule has 0 bridgehead atoms. The fraction of sp³-hybridized carbons (Fsp3) is 0.333. The molecule has 204 valence electrons. The summed E-state index contributed by atoms with van der Waals surface area (Å²) in [5.41, 5.74) is 8.64. The molecule has 7 nitrogen and oxygen atoms in total. The minimum absolute atomic E-state index is 0.153. The Morgan fingerprint density at radius 3 is 2.69 bits per heavy atom. The number of fused-ring (bicyclic) bond motifs is 2. The number of halogens is 3. The Balaban J connectivity index is 1.31. The number of hydrogen-bond donors (Lipinski definition) is 2. The van der Waals surface area contributed by atoms with Crippen molar-refractivity contribution in [2.45, 2.75) is 32.2 Å². The van der Waals surface area contributed by atoms with Gasteiger partial charge in [-0.2, -0.15) is 13.2 Å². The smallest absolute Gasteiger partial charge is 0.379 e. The number of hydrogen-bond acceptors (Lipinski definition) is 8. The molecule has 5 aromatic rings. The van der Waals surface area contributed by atoms with Crippen LogP contribution in [-0.4, -0.2) is 51.9 Å². The maximum absolute atomic E-state index is 14.5. The molecule has 0 amide bonds. The van der Waals surface area contributed by atoms with Gasteiger partial charge in [-0.3, -0.25) is 10.3 Å². The van der Waals surface area contributed by atoms with Gasteiger partial charge in [0.25, 0.3) is 0 Å². The van der Waals surface area contributed by atoms with Gasteiger partial charge in [-0.05, 0) is 37.3 Å². The summed E-state index contributed by atoms with van der Waals surface area (Å²) >= 11 is 2.81. The maximum atomic E-state index is 14.5. The normalized spacial score (nSPS) is 15.8. The van der Waals surface area contributed by atoms with Crippen LogP contribution in [-0.2, 0) is 17.8 Å². The van der Waals surface area contributed by atoms with E-state index in [1.807, 2.05) is 59.3 Å². The molecule has 0 spiro atoms. The molecular weight excluding hydrogens is 545 g/mol. The Bertz CT molecular complexity index is 1550. The highest BCUT2D eigenvalue weighted by molar-refractivity contribution is 7.22. The van der Waals surface area contributed by atoms with Crippen LogP contribution in [0.15, 0.2) is 54.0 Å². The van der Waals surface area contributed by atoms with E-state index in [9.17, 15) is 13.2 Å². The van der Waals surface area contributed by atoms with Crippen LogP contribution >= 0.6 is 22.7 Å². The fourth-order valence-corrected chi connectivity index (χ4v) is 6.48. The molecule has 2 N–H and O–H groups in total. The van der Waals surface area contributed by atoms with Gasteiger partial charge in [-0.1, -0.05) is 23.5 Å². The van der Waals surface area contributed by atoms with E-state index >= 15 is 0 Å². The summed E-state index contributed by atoms with van der Waals surface area (Å²) in [5.74, 6) is 0. The number of nitrogens with zero attached hydrogens (tertiary/aromatic N) is 4. The first-order valence-corrected chi connectivity index (χ1v) is 14.4. The highest BCUT2D eigenvalue weighted by Crippen LogP contribution is 2.39. The number of morpholine rings is 1. The van der Waals surface area contributed by atoms with Gasteiger partial charge in [-0.25, -0.2) is 15.4 Å². The topological polar surface area (TPSA) is 67.2 Å². The average molecular weight is 573 g/mol. The Kier molecular flexibility index (Phi) is 7.29. The minimum atomic E-state index is -4.54. The average Bonchev–Trinajstić information content (AvgIpc) is 3.65. The minimum Gasteiger partial charge on any atom is -0.379 e. The van der Waals surface area contributed by atoms with E-state index in [1.165, 1.54) is 22.7 Å². The van der Waals surface area contributed by atoms with Gasteiger partial charge in [0.2, 0.25) is 0 Å². The molecule has 0 saturated carbocycles. The molecule has 1 atom stereocenters. The third kappa shape index (κ3) is 5.52. The standard InChI is InChI=1S/C27H27F3N6OS2/c1-2-36-15-20(24(27(28,29)30)33-34-26-32-21-5-3-4-6-23(21)39-26)19-13-17(7-8-22(19)36)25-31-18(16-38-25)14-35-9-11-37-12-10-35/h3-8,13,15-16,24,33H,2,9-12,14H2,1H3,(H,32,34). The van der Waals surface area contributed by atoms with E-state index in [-0.39, 0.29) is 5.56 Å². The summed E-state index contributed by atoms with van der Waals surface area (Å²) in [6.45, 7) is 6.36. The van der Waals surface area contributed by atoms with Crippen LogP contribution in [0, 0.1) is 0 Å². The first kappa shape index (κ1) is 26.2. The third-order valence-corrected chi connectivity index (χ3v) is 8.69. The summed E-state index contributed by atoms with van der Waals surface area (Å²) in [5, 5.41) is 3.73. The highest BCUT2D eigenvalue weighted by atomic mass is 32.1. The lowest BCUT2D eigenvalue weighted by Crippen LogP contribution is -2.37. The zero-order valence-electron chi connectivity index (χ0n) is 21.2. The second-order valence-corrected chi connectivity index (χ2v) is 11.3. The number of alkyl halides is 3. The summed E-state index contributed by atoms with van der Waals surface area (Å²) in [6.07, 6.45) is -2.95. The molecule has 1 aliphatic heterocycles. The summed E-state index contributed by atoms with van der Waals surface area (Å²) < 4.78 is 51.5. The van der Waals surface area contributed by atoms with E-state index < -0.39 is 12.2 Å². The number of aromatic nitrogens is 3. The van der Waals surface area contributed by atoms with E-state index in [1.54, 1.807) is 6.20 Å². The largest absolute Gasteiger partial charge is 0.409 e. The first-order valence-electron chi connectivity index (χ1n) is 12.7. The predicted molar refractivity (Wildman–Crippen MR) is 150 cm³/mol. The van der Waals surface area contributed by atoms with Crippen LogP contribution in [0.25, 0.3) is 31.7 Å². The fourth-order valence-electron chi connectivity index (χ4n) is 4.85. The molecule has 0 aliphatic carbocycles. The van der Waals surface area contributed by atoms with Crippen molar-refractivity contribution in [2.24, 2.45) is 0 Å². The van der Waals surface area contributed by atoms with Gasteiger partial charge < -0.3 is 9.30 Å². The lowest BCUT2D eigenvalue weighted by molar-refractivity contribution is -0.156. The van der Waals surface area contributed by atoms with Gasteiger partial charge in [0, 0.05) is 59.8 Å². The number of ether oxygens (including phenoxy) is 1. The predicted octanol–water partition coefficient (Wildman–Crippen LogP) is 6.45. The highest BCUT2D eigenvalue weighted by Gasteiger charge is 2.42. The number of thiazole rings is 2. The van der Waals surface area contributed by atoms with E-state index in [0.717, 1.165) is 51.6 Å². The third-order valence-electron chi connectivity index (χ3n) is 6.80. The second-order valence-electron chi connectivity index (χ2n) is 9.37. The van der Waals surface area contributed by atoms with E-state index in [2.05, 4.69) is 20.7 Å². The van der Waals surface area contributed by atoms with Crippen LogP contribution in [0.1, 0.15) is 24.2 Å². The number of benzene rings is 2.